The highest BCUT2D eigenvalue weighted by Crippen LogP contribution is 2.35. The number of sulfonamides is 1. The Morgan fingerprint density at radius 1 is 1.05 bits per heavy atom. The van der Waals surface area contributed by atoms with Crippen LogP contribution in [0.3, 0.4) is 0 Å². The van der Waals surface area contributed by atoms with Crippen molar-refractivity contribution in [1.82, 2.24) is 14.8 Å². The van der Waals surface area contributed by atoms with Gasteiger partial charge in [0.05, 0.1) is 30.4 Å². The van der Waals surface area contributed by atoms with Crippen molar-refractivity contribution in [2.24, 2.45) is 7.05 Å². The molecule has 2 aromatic carbocycles. The topological polar surface area (TPSA) is 122 Å². The molecule has 0 saturated carbocycles. The first-order chi connectivity index (χ1) is 18.7. The van der Waals surface area contributed by atoms with Crippen molar-refractivity contribution < 1.29 is 27.7 Å². The van der Waals surface area contributed by atoms with E-state index in [0.29, 0.717) is 5.56 Å². The predicted molar refractivity (Wildman–Crippen MR) is 144 cm³/mol. The second kappa shape index (κ2) is 12.4. The van der Waals surface area contributed by atoms with Gasteiger partial charge in [0.25, 0.3) is 10.0 Å². The smallest absolute Gasteiger partial charge is 0.318 e. The minimum atomic E-state index is -4.05. The van der Waals surface area contributed by atoms with Crippen molar-refractivity contribution in [1.29, 1.82) is 0 Å². The molecule has 4 aromatic rings. The van der Waals surface area contributed by atoms with E-state index in [2.05, 4.69) is 14.8 Å². The Morgan fingerprint density at radius 2 is 1.72 bits per heavy atom. The van der Waals surface area contributed by atoms with Crippen LogP contribution in [0.4, 0.5) is 5.69 Å². The minimum Gasteiger partial charge on any atom is -0.460 e. The molecule has 0 fully saturated rings. The van der Waals surface area contributed by atoms with Gasteiger partial charge in [-0.25, -0.2) is 18.2 Å². The van der Waals surface area contributed by atoms with E-state index in [-0.39, 0.29) is 33.7 Å². The van der Waals surface area contributed by atoms with Crippen LogP contribution in [-0.4, -0.2) is 36.3 Å². The van der Waals surface area contributed by atoms with Crippen LogP contribution in [0, 0.1) is 6.92 Å². The van der Waals surface area contributed by atoms with Crippen LogP contribution in [0.1, 0.15) is 34.5 Å². The maximum Gasteiger partial charge on any atom is 0.318 e. The standard InChI is InChI=1S/C27H27ClN4O6S/c1-18-25(26(28)32(2)30-18)39(34,35)31-21-14-15-22(29-16-21)23(24(38-36-3)20-12-8-5-9-13-20)27(33)37-17-19-10-6-4-7-11-19/h4-16,23-24,31H,17H2,1-3H3. The number of carbonyl (C=O) groups excluding carboxylic acids is 1. The molecule has 2 atom stereocenters. The molecule has 0 saturated heterocycles. The van der Waals surface area contributed by atoms with Crippen LogP contribution in [0.5, 0.6) is 0 Å². The normalized spacial score (nSPS) is 13.0. The maximum absolute atomic E-state index is 13.4. The third-order valence-electron chi connectivity index (χ3n) is 5.83. The lowest BCUT2D eigenvalue weighted by Crippen LogP contribution is -2.25. The van der Waals surface area contributed by atoms with Gasteiger partial charge in [0, 0.05) is 7.05 Å². The van der Waals surface area contributed by atoms with E-state index < -0.39 is 28.0 Å². The minimum absolute atomic E-state index is 0.0202. The summed E-state index contributed by atoms with van der Waals surface area (Å²) in [6.45, 7) is 1.60. The van der Waals surface area contributed by atoms with Crippen molar-refractivity contribution >= 4 is 33.3 Å². The number of carbonyl (C=O) groups is 1. The fourth-order valence-corrected chi connectivity index (χ4v) is 5.84. The molecule has 0 aliphatic carbocycles. The van der Waals surface area contributed by atoms with Gasteiger partial charge in [0.2, 0.25) is 0 Å². The average Bonchev–Trinajstić information content (AvgIpc) is 3.20. The zero-order chi connectivity index (χ0) is 28.0. The highest BCUT2D eigenvalue weighted by atomic mass is 35.5. The Bertz CT molecular complexity index is 1510. The fourth-order valence-electron chi connectivity index (χ4n) is 4.04. The number of esters is 1. The summed E-state index contributed by atoms with van der Waals surface area (Å²) in [6, 6.07) is 21.3. The van der Waals surface area contributed by atoms with E-state index in [1.165, 1.54) is 30.1 Å². The number of nitrogens with zero attached hydrogens (tertiary/aromatic N) is 3. The monoisotopic (exact) mass is 570 g/mol. The summed E-state index contributed by atoms with van der Waals surface area (Å²) in [4.78, 5) is 28.2. The molecule has 0 radical (unpaired) electrons. The fraction of sp³-hybridized carbons (Fsp3) is 0.222. The molecule has 0 spiro atoms. The van der Waals surface area contributed by atoms with Gasteiger partial charge in [-0.05, 0) is 30.2 Å². The third kappa shape index (κ3) is 6.63. The van der Waals surface area contributed by atoms with Gasteiger partial charge in [0.1, 0.15) is 28.7 Å². The summed E-state index contributed by atoms with van der Waals surface area (Å²) in [5.74, 6) is -1.62. The quantitative estimate of drug-likeness (QED) is 0.156. The molecule has 2 heterocycles. The molecular weight excluding hydrogens is 544 g/mol. The molecule has 39 heavy (non-hydrogen) atoms. The molecule has 204 valence electrons. The van der Waals surface area contributed by atoms with E-state index in [0.717, 1.165) is 5.56 Å². The van der Waals surface area contributed by atoms with E-state index in [9.17, 15) is 13.2 Å². The Morgan fingerprint density at radius 3 is 2.28 bits per heavy atom. The summed E-state index contributed by atoms with van der Waals surface area (Å²) >= 11 is 6.15. The van der Waals surface area contributed by atoms with Crippen LogP contribution < -0.4 is 4.72 Å². The molecule has 2 unspecified atom stereocenters. The van der Waals surface area contributed by atoms with Gasteiger partial charge in [-0.1, -0.05) is 72.3 Å². The molecule has 4 rings (SSSR count). The van der Waals surface area contributed by atoms with Crippen molar-refractivity contribution in [3.63, 3.8) is 0 Å². The highest BCUT2D eigenvalue weighted by Gasteiger charge is 2.36. The molecule has 0 aliphatic rings. The van der Waals surface area contributed by atoms with Gasteiger partial charge in [-0.3, -0.25) is 19.2 Å². The van der Waals surface area contributed by atoms with Gasteiger partial charge < -0.3 is 4.74 Å². The summed E-state index contributed by atoms with van der Waals surface area (Å²) < 4.78 is 35.4. The number of hydrogen-bond acceptors (Lipinski definition) is 8. The number of ether oxygens (including phenoxy) is 1. The zero-order valence-corrected chi connectivity index (χ0v) is 23.0. The second-order valence-corrected chi connectivity index (χ2v) is 10.5. The molecule has 0 bridgehead atoms. The molecule has 10 nitrogen and oxygen atoms in total. The van der Waals surface area contributed by atoms with Crippen molar-refractivity contribution in [3.05, 3.63) is 107 Å². The SMILES string of the molecule is COOC(c1ccccc1)C(C(=O)OCc1ccccc1)c1ccc(NS(=O)(=O)c2c(C)nn(C)c2Cl)cn1. The van der Waals surface area contributed by atoms with Crippen molar-refractivity contribution in [2.45, 2.75) is 30.4 Å². The van der Waals surface area contributed by atoms with E-state index >= 15 is 0 Å². The van der Waals surface area contributed by atoms with E-state index in [1.54, 1.807) is 26.1 Å². The maximum atomic E-state index is 13.4. The number of rotatable bonds is 11. The first kappa shape index (κ1) is 28.2. The number of aryl methyl sites for hydroxylation is 2. The lowest BCUT2D eigenvalue weighted by Gasteiger charge is -2.24. The molecule has 0 amide bonds. The number of nitrogens with one attached hydrogen (secondary N) is 1. The molecule has 0 aliphatic heterocycles. The molecule has 1 N–H and O–H groups in total. The number of benzene rings is 2. The third-order valence-corrected chi connectivity index (χ3v) is 7.91. The van der Waals surface area contributed by atoms with E-state index in [4.69, 9.17) is 26.1 Å². The summed E-state index contributed by atoms with van der Waals surface area (Å²) in [5, 5.41) is 4.03. The van der Waals surface area contributed by atoms with Crippen LogP contribution in [-0.2, 0) is 43.0 Å². The average molecular weight is 571 g/mol. The van der Waals surface area contributed by atoms with Crippen LogP contribution in [0.2, 0.25) is 5.15 Å². The Labute approximate surface area is 231 Å². The lowest BCUT2D eigenvalue weighted by atomic mass is 9.92. The summed E-state index contributed by atoms with van der Waals surface area (Å²) in [5.41, 5.74) is 2.18. The second-order valence-electron chi connectivity index (χ2n) is 8.57. The van der Waals surface area contributed by atoms with Gasteiger partial charge >= 0.3 is 5.97 Å². The van der Waals surface area contributed by atoms with Crippen molar-refractivity contribution in [3.8, 4) is 0 Å². The Balaban J connectivity index is 1.64. The first-order valence-electron chi connectivity index (χ1n) is 11.8. The molecule has 12 heteroatoms. The lowest BCUT2D eigenvalue weighted by molar-refractivity contribution is -0.312. The van der Waals surface area contributed by atoms with Crippen molar-refractivity contribution in [2.75, 3.05) is 11.8 Å². The van der Waals surface area contributed by atoms with Crippen LogP contribution >= 0.6 is 11.6 Å². The van der Waals surface area contributed by atoms with Crippen LogP contribution in [0.15, 0.2) is 83.9 Å². The van der Waals surface area contributed by atoms with E-state index in [1.807, 2.05) is 48.5 Å². The number of aromatic nitrogens is 3. The largest absolute Gasteiger partial charge is 0.460 e. The van der Waals surface area contributed by atoms with Gasteiger partial charge in [0.15, 0.2) is 0 Å². The molecule has 2 aromatic heterocycles. The zero-order valence-electron chi connectivity index (χ0n) is 21.4. The summed E-state index contributed by atoms with van der Waals surface area (Å²) in [7, 11) is -1.16. The predicted octanol–water partition coefficient (Wildman–Crippen LogP) is 4.72. The van der Waals surface area contributed by atoms with Gasteiger partial charge in [-0.15, -0.1) is 0 Å². The Kier molecular flexibility index (Phi) is 8.97. The molecular formula is C27H27ClN4O6S. The number of anilines is 1. The number of halogens is 1. The number of hydrogen-bond donors (Lipinski definition) is 1. The highest BCUT2D eigenvalue weighted by molar-refractivity contribution is 7.92. The van der Waals surface area contributed by atoms with Gasteiger partial charge in [-0.2, -0.15) is 5.10 Å². The Hall–Kier alpha value is -3.77. The first-order valence-corrected chi connectivity index (χ1v) is 13.7. The number of pyridine rings is 1. The van der Waals surface area contributed by atoms with Crippen LogP contribution in [0.25, 0.3) is 0 Å². The summed E-state index contributed by atoms with van der Waals surface area (Å²) in [6.07, 6.45) is 0.408.